The van der Waals surface area contributed by atoms with Crippen molar-refractivity contribution in [1.82, 2.24) is 5.32 Å². The van der Waals surface area contributed by atoms with Crippen molar-refractivity contribution in [3.8, 4) is 0 Å². The van der Waals surface area contributed by atoms with E-state index in [1.807, 2.05) is 6.92 Å². The monoisotopic (exact) mass is 379 g/mol. The van der Waals surface area contributed by atoms with Crippen LogP contribution in [0.3, 0.4) is 0 Å². The van der Waals surface area contributed by atoms with Crippen LogP contribution in [0.1, 0.15) is 39.3 Å². The molecule has 0 radical (unpaired) electrons. The number of hydrogen-bond acceptors (Lipinski definition) is 3. The number of benzene rings is 1. The largest absolute Gasteiger partial charge is 0.370 e. The van der Waals surface area contributed by atoms with Gasteiger partial charge in [0, 0.05) is 10.0 Å². The summed E-state index contributed by atoms with van der Waals surface area (Å²) in [5, 5.41) is 4.07. The maximum absolute atomic E-state index is 12.0. The quantitative estimate of drug-likeness (QED) is 0.607. The van der Waals surface area contributed by atoms with E-state index in [1.54, 1.807) is 39.0 Å². The zero-order valence-electron chi connectivity index (χ0n) is 13.7. The fraction of sp³-hybridized carbons (Fsp3) is 0.533. The highest BCUT2D eigenvalue weighted by molar-refractivity contribution is 7.92. The van der Waals surface area contributed by atoms with E-state index in [0.29, 0.717) is 10.0 Å². The molecule has 0 fully saturated rings. The van der Waals surface area contributed by atoms with E-state index in [0.717, 1.165) is 5.56 Å². The van der Waals surface area contributed by atoms with Gasteiger partial charge in [-0.2, -0.15) is 0 Å². The van der Waals surface area contributed by atoms with E-state index in [1.165, 1.54) is 0 Å². The average Bonchev–Trinajstić information content (AvgIpc) is 2.36. The van der Waals surface area contributed by atoms with Gasteiger partial charge >= 0.3 is 0 Å². The molecule has 1 rings (SSSR count). The van der Waals surface area contributed by atoms with Crippen molar-refractivity contribution < 1.29 is 8.42 Å². The van der Waals surface area contributed by atoms with E-state index >= 15 is 0 Å². The predicted octanol–water partition coefficient (Wildman–Crippen LogP) is 3.17. The van der Waals surface area contributed by atoms with Crippen LogP contribution in [0.2, 0.25) is 10.0 Å². The molecule has 5 nitrogen and oxygen atoms in total. The number of nitrogens with one attached hydrogen (secondary N) is 1. The van der Waals surface area contributed by atoms with Gasteiger partial charge in [0.25, 0.3) is 0 Å². The number of guanidine groups is 1. The van der Waals surface area contributed by atoms with Crippen molar-refractivity contribution in [2.24, 2.45) is 10.7 Å². The van der Waals surface area contributed by atoms with Gasteiger partial charge in [-0.15, -0.1) is 0 Å². The first-order valence-electron chi connectivity index (χ1n) is 7.18. The van der Waals surface area contributed by atoms with Crippen molar-refractivity contribution in [2.75, 3.05) is 12.3 Å². The van der Waals surface area contributed by atoms with Gasteiger partial charge in [0.15, 0.2) is 15.8 Å². The molecule has 130 valence electrons. The van der Waals surface area contributed by atoms with Crippen molar-refractivity contribution in [1.29, 1.82) is 0 Å². The summed E-state index contributed by atoms with van der Waals surface area (Å²) in [6.45, 7) is 6.98. The highest BCUT2D eigenvalue weighted by Gasteiger charge is 2.28. The maximum atomic E-state index is 12.0. The number of rotatable bonds is 5. The molecular formula is C15H23Cl2N3O2S. The molecule has 1 unspecified atom stereocenters. The van der Waals surface area contributed by atoms with Crippen LogP contribution in [0, 0.1) is 0 Å². The van der Waals surface area contributed by atoms with Gasteiger partial charge in [-0.3, -0.25) is 4.99 Å². The smallest absolute Gasteiger partial charge is 0.189 e. The second-order valence-electron chi connectivity index (χ2n) is 6.23. The van der Waals surface area contributed by atoms with Gasteiger partial charge < -0.3 is 11.1 Å². The van der Waals surface area contributed by atoms with E-state index in [-0.39, 0.29) is 24.3 Å². The molecule has 0 saturated carbocycles. The Labute approximate surface area is 148 Å². The molecule has 0 spiro atoms. The van der Waals surface area contributed by atoms with E-state index in [2.05, 4.69) is 10.3 Å². The summed E-state index contributed by atoms with van der Waals surface area (Å²) in [6.07, 6.45) is 0. The SMILES string of the molecule is CC(NC(N)=NCCS(=O)(=O)C(C)(C)C)c1ccc(Cl)cc1Cl. The minimum Gasteiger partial charge on any atom is -0.370 e. The van der Waals surface area contributed by atoms with Crippen molar-refractivity contribution in [3.63, 3.8) is 0 Å². The zero-order chi connectivity index (χ0) is 17.8. The predicted molar refractivity (Wildman–Crippen MR) is 98.0 cm³/mol. The van der Waals surface area contributed by atoms with E-state index in [4.69, 9.17) is 28.9 Å². The fourth-order valence-electron chi connectivity index (χ4n) is 1.79. The van der Waals surface area contributed by atoms with Gasteiger partial charge in [-0.05, 0) is 45.4 Å². The van der Waals surface area contributed by atoms with Crippen LogP contribution in [0.4, 0.5) is 0 Å². The molecule has 23 heavy (non-hydrogen) atoms. The lowest BCUT2D eigenvalue weighted by atomic mass is 10.1. The molecule has 1 atom stereocenters. The van der Waals surface area contributed by atoms with Crippen LogP contribution in [-0.4, -0.2) is 31.4 Å². The third-order valence-corrected chi connectivity index (χ3v) is 6.52. The Bertz CT molecular complexity index is 682. The van der Waals surface area contributed by atoms with Crippen molar-refractivity contribution in [3.05, 3.63) is 33.8 Å². The first-order valence-corrected chi connectivity index (χ1v) is 9.58. The van der Waals surface area contributed by atoms with Crippen LogP contribution >= 0.6 is 23.2 Å². The lowest BCUT2D eigenvalue weighted by Crippen LogP contribution is -2.35. The van der Waals surface area contributed by atoms with Gasteiger partial charge in [0.2, 0.25) is 0 Å². The Kier molecular flexibility index (Phi) is 6.74. The van der Waals surface area contributed by atoms with Crippen molar-refractivity contribution >= 4 is 39.0 Å². The molecule has 0 bridgehead atoms. The molecule has 0 saturated heterocycles. The molecular weight excluding hydrogens is 357 g/mol. The van der Waals surface area contributed by atoms with Crippen LogP contribution in [0.15, 0.2) is 23.2 Å². The fourth-order valence-corrected chi connectivity index (χ4v) is 3.31. The zero-order valence-corrected chi connectivity index (χ0v) is 16.1. The Morgan fingerprint density at radius 2 is 1.96 bits per heavy atom. The number of nitrogens with zero attached hydrogens (tertiary/aromatic N) is 1. The maximum Gasteiger partial charge on any atom is 0.189 e. The Balaban J connectivity index is 2.67. The first-order chi connectivity index (χ1) is 10.4. The van der Waals surface area contributed by atoms with E-state index in [9.17, 15) is 8.42 Å². The molecule has 0 aliphatic rings. The first kappa shape index (κ1) is 20.1. The second kappa shape index (κ2) is 7.73. The van der Waals surface area contributed by atoms with Gasteiger partial charge in [0.1, 0.15) is 0 Å². The summed E-state index contributed by atoms with van der Waals surface area (Å²) in [6, 6.07) is 5.02. The summed E-state index contributed by atoms with van der Waals surface area (Å²) < 4.78 is 23.2. The standard InChI is InChI=1S/C15H23Cl2N3O2S/c1-10(12-6-5-11(16)9-13(12)17)20-14(18)19-7-8-23(21,22)15(2,3)4/h5-6,9-10H,7-8H2,1-4H3,(H3,18,19,20). The van der Waals surface area contributed by atoms with E-state index < -0.39 is 14.6 Å². The van der Waals surface area contributed by atoms with Crippen LogP contribution in [0.25, 0.3) is 0 Å². The molecule has 0 heterocycles. The number of aliphatic imine (C=N–C) groups is 1. The highest BCUT2D eigenvalue weighted by Crippen LogP contribution is 2.25. The lowest BCUT2D eigenvalue weighted by molar-refractivity contribution is 0.560. The minimum absolute atomic E-state index is 0.0467. The highest BCUT2D eigenvalue weighted by atomic mass is 35.5. The Hall–Kier alpha value is -0.980. The summed E-state index contributed by atoms with van der Waals surface area (Å²) >= 11 is 12.0. The van der Waals surface area contributed by atoms with Crippen LogP contribution in [0.5, 0.6) is 0 Å². The third-order valence-electron chi connectivity index (χ3n) is 3.37. The number of hydrogen-bond donors (Lipinski definition) is 2. The van der Waals surface area contributed by atoms with Crippen molar-refractivity contribution in [2.45, 2.75) is 38.5 Å². The third kappa shape index (κ3) is 5.86. The summed E-state index contributed by atoms with van der Waals surface area (Å²) in [4.78, 5) is 4.07. The molecule has 1 aromatic rings. The lowest BCUT2D eigenvalue weighted by Gasteiger charge is -2.19. The topological polar surface area (TPSA) is 84.5 Å². The average molecular weight is 380 g/mol. The Morgan fingerprint density at radius 3 is 2.48 bits per heavy atom. The van der Waals surface area contributed by atoms with Crippen LogP contribution < -0.4 is 11.1 Å². The number of halogens is 2. The molecule has 1 aromatic carbocycles. The Morgan fingerprint density at radius 1 is 1.35 bits per heavy atom. The minimum atomic E-state index is -3.21. The van der Waals surface area contributed by atoms with Gasteiger partial charge in [-0.25, -0.2) is 8.42 Å². The molecule has 0 aliphatic heterocycles. The molecule has 0 amide bonds. The normalized spacial score (nSPS) is 14.6. The molecule has 8 heteroatoms. The molecule has 3 N–H and O–H groups in total. The summed E-state index contributed by atoms with van der Waals surface area (Å²) in [7, 11) is -3.21. The summed E-state index contributed by atoms with van der Waals surface area (Å²) in [5.74, 6) is 0.127. The second-order valence-corrected chi connectivity index (χ2v) is 9.94. The molecule has 0 aliphatic carbocycles. The van der Waals surface area contributed by atoms with Crippen LogP contribution in [-0.2, 0) is 9.84 Å². The molecule has 0 aromatic heterocycles. The number of sulfone groups is 1. The summed E-state index contributed by atoms with van der Waals surface area (Å²) in [5.41, 5.74) is 6.64. The van der Waals surface area contributed by atoms with Gasteiger partial charge in [0.05, 0.1) is 23.1 Å². The number of nitrogens with two attached hydrogens (primary N) is 1. The van der Waals surface area contributed by atoms with Gasteiger partial charge in [-0.1, -0.05) is 29.3 Å².